The van der Waals surface area contributed by atoms with E-state index >= 15 is 0 Å². The fourth-order valence-corrected chi connectivity index (χ4v) is 3.15. The molecule has 2 aliphatic rings. The Balaban J connectivity index is 1.66. The second kappa shape index (κ2) is 4.95. The molecule has 0 spiro atoms. The monoisotopic (exact) mass is 290 g/mol. The van der Waals surface area contributed by atoms with Crippen LogP contribution in [0.15, 0.2) is 60.2 Å². The van der Waals surface area contributed by atoms with E-state index in [2.05, 4.69) is 0 Å². The Kier molecular flexibility index (Phi) is 2.93. The number of hydrogen-bond donors (Lipinski definition) is 0. The first-order valence-corrected chi connectivity index (χ1v) is 7.33. The van der Waals surface area contributed by atoms with Gasteiger partial charge in [-0.15, -0.1) is 0 Å². The molecular formula is C19H14O3. The van der Waals surface area contributed by atoms with Crippen LogP contribution in [0.1, 0.15) is 22.8 Å². The van der Waals surface area contributed by atoms with Crippen molar-refractivity contribution in [3.63, 3.8) is 0 Å². The van der Waals surface area contributed by atoms with Crippen molar-refractivity contribution in [3.05, 3.63) is 76.9 Å². The molecule has 2 atom stereocenters. The first-order chi connectivity index (χ1) is 10.7. The van der Waals surface area contributed by atoms with Crippen molar-refractivity contribution in [1.82, 2.24) is 0 Å². The van der Waals surface area contributed by atoms with Crippen molar-refractivity contribution in [1.29, 1.82) is 0 Å². The normalized spacial score (nSPS) is 22.6. The molecule has 0 N–H and O–H groups in total. The minimum atomic E-state index is -0.737. The van der Waals surface area contributed by atoms with E-state index in [1.54, 1.807) is 0 Å². The van der Waals surface area contributed by atoms with Gasteiger partial charge in [0, 0.05) is 11.1 Å². The Morgan fingerprint density at radius 1 is 0.909 bits per heavy atom. The summed E-state index contributed by atoms with van der Waals surface area (Å²) >= 11 is 0. The van der Waals surface area contributed by atoms with Gasteiger partial charge >= 0.3 is 5.97 Å². The number of esters is 1. The van der Waals surface area contributed by atoms with E-state index in [0.717, 1.165) is 16.7 Å². The molecule has 3 heteroatoms. The summed E-state index contributed by atoms with van der Waals surface area (Å²) in [5, 5.41) is 0. The number of ketones is 1. The van der Waals surface area contributed by atoms with Gasteiger partial charge < -0.3 is 4.74 Å². The molecule has 1 aliphatic carbocycles. The van der Waals surface area contributed by atoms with Gasteiger partial charge in [0.25, 0.3) is 0 Å². The Morgan fingerprint density at radius 2 is 1.64 bits per heavy atom. The summed E-state index contributed by atoms with van der Waals surface area (Å²) in [5.41, 5.74) is 3.43. The molecule has 0 aromatic heterocycles. The molecule has 1 fully saturated rings. The summed E-state index contributed by atoms with van der Waals surface area (Å²) in [4.78, 5) is 25.0. The van der Waals surface area contributed by atoms with Crippen molar-refractivity contribution in [3.8, 4) is 0 Å². The first-order valence-electron chi connectivity index (χ1n) is 7.33. The van der Waals surface area contributed by atoms with E-state index < -0.39 is 18.0 Å². The molecule has 0 bridgehead atoms. The van der Waals surface area contributed by atoms with Gasteiger partial charge in [-0.3, -0.25) is 9.59 Å². The fraction of sp³-hybridized carbons (Fsp3) is 0.158. The summed E-state index contributed by atoms with van der Waals surface area (Å²) in [7, 11) is 0. The summed E-state index contributed by atoms with van der Waals surface area (Å²) in [6, 6.07) is 17.2. The highest BCUT2D eigenvalue weighted by Crippen LogP contribution is 2.42. The molecular weight excluding hydrogens is 276 g/mol. The molecule has 1 aliphatic heterocycles. The van der Waals surface area contributed by atoms with E-state index in [1.807, 2.05) is 60.7 Å². The number of ether oxygens (including phenoxy) is 1. The predicted molar refractivity (Wildman–Crippen MR) is 81.9 cm³/mol. The van der Waals surface area contributed by atoms with Crippen LogP contribution in [0.3, 0.4) is 0 Å². The molecule has 0 saturated carbocycles. The van der Waals surface area contributed by atoms with Gasteiger partial charge in [0.2, 0.25) is 0 Å². The Bertz CT molecular complexity index is 789. The number of carbonyl (C=O) groups is 2. The van der Waals surface area contributed by atoms with Crippen LogP contribution in [0.4, 0.5) is 0 Å². The molecule has 4 rings (SSSR count). The smallest absolute Gasteiger partial charge is 0.318 e. The highest BCUT2D eigenvalue weighted by atomic mass is 16.5. The van der Waals surface area contributed by atoms with Gasteiger partial charge in [-0.25, -0.2) is 0 Å². The maximum absolute atomic E-state index is 12.7. The molecule has 2 unspecified atom stereocenters. The fourth-order valence-electron chi connectivity index (χ4n) is 3.15. The zero-order chi connectivity index (χ0) is 15.1. The molecule has 0 radical (unpaired) electrons. The zero-order valence-corrected chi connectivity index (χ0v) is 11.9. The van der Waals surface area contributed by atoms with Gasteiger partial charge in [-0.05, 0) is 23.6 Å². The molecule has 1 saturated heterocycles. The van der Waals surface area contributed by atoms with Gasteiger partial charge in [0.15, 0.2) is 11.9 Å². The van der Waals surface area contributed by atoms with Crippen LogP contribution in [-0.4, -0.2) is 11.8 Å². The van der Waals surface area contributed by atoms with Crippen molar-refractivity contribution in [2.45, 2.75) is 12.5 Å². The van der Waals surface area contributed by atoms with Crippen LogP contribution < -0.4 is 0 Å². The Hall–Kier alpha value is -2.68. The Morgan fingerprint density at radius 3 is 2.45 bits per heavy atom. The van der Waals surface area contributed by atoms with E-state index in [1.165, 1.54) is 0 Å². The lowest BCUT2D eigenvalue weighted by Gasteiger charge is -2.27. The minimum Gasteiger partial charge on any atom is -0.452 e. The zero-order valence-electron chi connectivity index (χ0n) is 11.9. The maximum Gasteiger partial charge on any atom is 0.318 e. The lowest BCUT2D eigenvalue weighted by atomic mass is 9.87. The largest absolute Gasteiger partial charge is 0.452 e. The molecule has 2 aromatic rings. The molecule has 2 aromatic carbocycles. The SMILES string of the molecule is O=C1OC2C(=Cc3ccccc32)C(=O)C1Cc1ccccc1. The van der Waals surface area contributed by atoms with Crippen LogP contribution >= 0.6 is 0 Å². The number of benzene rings is 2. The first kappa shape index (κ1) is 13.0. The maximum atomic E-state index is 12.7. The topological polar surface area (TPSA) is 43.4 Å². The standard InChI is InChI=1S/C19H14O3/c20-17-15-11-13-8-4-5-9-14(13)18(15)22-19(21)16(17)10-12-6-2-1-3-7-12/h1-9,11,16,18H,10H2. The highest BCUT2D eigenvalue weighted by molar-refractivity contribution is 6.14. The molecule has 0 amide bonds. The predicted octanol–water partition coefficient (Wildman–Crippen LogP) is 3.11. The van der Waals surface area contributed by atoms with E-state index in [4.69, 9.17) is 4.74 Å². The van der Waals surface area contributed by atoms with Crippen molar-refractivity contribution < 1.29 is 14.3 Å². The highest BCUT2D eigenvalue weighted by Gasteiger charge is 2.44. The summed E-state index contributed by atoms with van der Waals surface area (Å²) in [5.74, 6) is -1.27. The summed E-state index contributed by atoms with van der Waals surface area (Å²) in [6.07, 6.45) is 1.72. The van der Waals surface area contributed by atoms with Gasteiger partial charge in [0.1, 0.15) is 5.92 Å². The van der Waals surface area contributed by atoms with Crippen LogP contribution in [0, 0.1) is 5.92 Å². The van der Waals surface area contributed by atoms with Gasteiger partial charge in [0.05, 0.1) is 0 Å². The van der Waals surface area contributed by atoms with Crippen LogP contribution in [0.25, 0.3) is 6.08 Å². The number of rotatable bonds is 2. The third-order valence-corrected chi connectivity index (χ3v) is 4.27. The van der Waals surface area contributed by atoms with E-state index in [-0.39, 0.29) is 5.78 Å². The van der Waals surface area contributed by atoms with Crippen molar-refractivity contribution in [2.75, 3.05) is 0 Å². The average molecular weight is 290 g/mol. The third-order valence-electron chi connectivity index (χ3n) is 4.27. The average Bonchev–Trinajstić information content (AvgIpc) is 2.91. The lowest BCUT2D eigenvalue weighted by Crippen LogP contribution is -2.36. The second-order valence-electron chi connectivity index (χ2n) is 5.65. The molecule has 22 heavy (non-hydrogen) atoms. The quantitative estimate of drug-likeness (QED) is 0.630. The number of Topliss-reactive ketones (excluding diaryl/α,β-unsaturated/α-hetero) is 1. The van der Waals surface area contributed by atoms with Crippen LogP contribution in [-0.2, 0) is 20.7 Å². The van der Waals surface area contributed by atoms with Crippen molar-refractivity contribution >= 4 is 17.8 Å². The number of fused-ring (bicyclic) bond motifs is 3. The van der Waals surface area contributed by atoms with Gasteiger partial charge in [-0.2, -0.15) is 0 Å². The second-order valence-corrected chi connectivity index (χ2v) is 5.65. The molecule has 108 valence electrons. The van der Waals surface area contributed by atoms with Crippen LogP contribution in [0.5, 0.6) is 0 Å². The van der Waals surface area contributed by atoms with Gasteiger partial charge in [-0.1, -0.05) is 54.6 Å². The van der Waals surface area contributed by atoms with E-state index in [9.17, 15) is 9.59 Å². The van der Waals surface area contributed by atoms with Crippen LogP contribution in [0.2, 0.25) is 0 Å². The molecule has 1 heterocycles. The Labute approximate surface area is 128 Å². The number of carbonyl (C=O) groups excluding carboxylic acids is 2. The van der Waals surface area contributed by atoms with E-state index in [0.29, 0.717) is 12.0 Å². The molecule has 3 nitrogen and oxygen atoms in total. The number of hydrogen-bond acceptors (Lipinski definition) is 3. The minimum absolute atomic E-state index is 0.110. The summed E-state index contributed by atoms with van der Waals surface area (Å²) < 4.78 is 5.56. The lowest BCUT2D eigenvalue weighted by molar-refractivity contribution is -0.159. The summed E-state index contributed by atoms with van der Waals surface area (Å²) in [6.45, 7) is 0. The van der Waals surface area contributed by atoms with Crippen molar-refractivity contribution in [2.24, 2.45) is 5.92 Å². The third kappa shape index (κ3) is 1.98.